The molecule has 0 saturated heterocycles. The van der Waals surface area contributed by atoms with Crippen LogP contribution in [0.5, 0.6) is 5.75 Å². The van der Waals surface area contributed by atoms with Gasteiger partial charge in [0, 0.05) is 21.0 Å². The second kappa shape index (κ2) is 9.03. The molecule has 1 N–H and O–H groups in total. The summed E-state index contributed by atoms with van der Waals surface area (Å²) in [5.41, 5.74) is 2.39. The van der Waals surface area contributed by atoms with Gasteiger partial charge in [0.25, 0.3) is 5.91 Å². The number of thiophene rings is 1. The van der Waals surface area contributed by atoms with Crippen molar-refractivity contribution in [3.63, 3.8) is 0 Å². The lowest BCUT2D eigenvalue weighted by Crippen LogP contribution is -2.14. The number of benzene rings is 2. The second-order valence-electron chi connectivity index (χ2n) is 5.76. The fraction of sp³-hybridized carbons (Fsp3) is 0.143. The Bertz CT molecular complexity index is 981. The molecule has 3 aromatic rings. The molecule has 144 valence electrons. The van der Waals surface area contributed by atoms with Crippen LogP contribution in [0.2, 0.25) is 0 Å². The number of carbonyl (C=O) groups is 2. The maximum atomic E-state index is 12.6. The Morgan fingerprint density at radius 3 is 2.36 bits per heavy atom. The zero-order chi connectivity index (χ0) is 20.1. The highest BCUT2D eigenvalue weighted by Gasteiger charge is 2.23. The molecule has 0 atom stereocenters. The van der Waals surface area contributed by atoms with Crippen LogP contribution in [0.3, 0.4) is 0 Å². The van der Waals surface area contributed by atoms with E-state index in [1.165, 1.54) is 11.3 Å². The van der Waals surface area contributed by atoms with Gasteiger partial charge in [0.15, 0.2) is 0 Å². The van der Waals surface area contributed by atoms with Crippen LogP contribution in [0.1, 0.15) is 27.6 Å². The van der Waals surface area contributed by atoms with Gasteiger partial charge in [-0.05, 0) is 48.9 Å². The Balaban J connectivity index is 1.96. The Kier molecular flexibility index (Phi) is 6.49. The van der Waals surface area contributed by atoms with Gasteiger partial charge in [-0.3, -0.25) is 4.79 Å². The highest BCUT2D eigenvalue weighted by Crippen LogP contribution is 2.37. The quantitative estimate of drug-likeness (QED) is 0.486. The zero-order valence-electron chi connectivity index (χ0n) is 15.3. The van der Waals surface area contributed by atoms with Crippen molar-refractivity contribution < 1.29 is 19.1 Å². The van der Waals surface area contributed by atoms with E-state index in [9.17, 15) is 9.59 Å². The molecule has 1 aromatic heterocycles. The van der Waals surface area contributed by atoms with Crippen LogP contribution in [0.15, 0.2) is 58.4 Å². The van der Waals surface area contributed by atoms with E-state index in [0.717, 1.165) is 15.8 Å². The lowest BCUT2D eigenvalue weighted by atomic mass is 10.0. The standard InChI is InChI=1S/C21H18BrNO4S/c1-3-27-21(25)18-17(13-6-10-16(26-2)11-7-13)12-28-20(18)23-19(24)14-4-8-15(22)9-5-14/h4-12H,3H2,1-2H3,(H,23,24). The van der Waals surface area contributed by atoms with E-state index in [1.807, 2.05) is 29.6 Å². The van der Waals surface area contributed by atoms with Crippen molar-refractivity contribution in [1.29, 1.82) is 0 Å². The molecule has 7 heteroatoms. The monoisotopic (exact) mass is 459 g/mol. The van der Waals surface area contributed by atoms with Crippen molar-refractivity contribution >= 4 is 44.1 Å². The van der Waals surface area contributed by atoms with Crippen LogP contribution in [0, 0.1) is 0 Å². The molecule has 3 rings (SSSR count). The SMILES string of the molecule is CCOC(=O)c1c(-c2ccc(OC)cc2)csc1NC(=O)c1ccc(Br)cc1. The Hall–Kier alpha value is -2.64. The Morgan fingerprint density at radius 2 is 1.75 bits per heavy atom. The first-order valence-electron chi connectivity index (χ1n) is 8.53. The minimum Gasteiger partial charge on any atom is -0.497 e. The number of carbonyl (C=O) groups excluding carboxylic acids is 2. The summed E-state index contributed by atoms with van der Waals surface area (Å²) in [5.74, 6) is -0.0396. The first kappa shape index (κ1) is 20.1. The third-order valence-electron chi connectivity index (χ3n) is 4.01. The molecule has 1 amide bonds. The fourth-order valence-electron chi connectivity index (χ4n) is 2.62. The zero-order valence-corrected chi connectivity index (χ0v) is 17.7. The van der Waals surface area contributed by atoms with Gasteiger partial charge in [-0.1, -0.05) is 28.1 Å². The Morgan fingerprint density at radius 1 is 1.07 bits per heavy atom. The van der Waals surface area contributed by atoms with E-state index in [4.69, 9.17) is 9.47 Å². The summed E-state index contributed by atoms with van der Waals surface area (Å²) in [6.45, 7) is 1.99. The summed E-state index contributed by atoms with van der Waals surface area (Å²) in [5, 5.41) is 5.13. The van der Waals surface area contributed by atoms with Gasteiger partial charge in [-0.25, -0.2) is 4.79 Å². The summed E-state index contributed by atoms with van der Waals surface area (Å²) < 4.78 is 11.3. The average Bonchev–Trinajstić information content (AvgIpc) is 3.12. The molecular formula is C21H18BrNO4S. The van der Waals surface area contributed by atoms with E-state index in [-0.39, 0.29) is 12.5 Å². The number of hydrogen-bond acceptors (Lipinski definition) is 5. The molecule has 5 nitrogen and oxygen atoms in total. The summed E-state index contributed by atoms with van der Waals surface area (Å²) in [6.07, 6.45) is 0. The summed E-state index contributed by atoms with van der Waals surface area (Å²) in [7, 11) is 1.60. The maximum absolute atomic E-state index is 12.6. The van der Waals surface area contributed by atoms with Gasteiger partial charge >= 0.3 is 5.97 Å². The number of hydrogen-bond donors (Lipinski definition) is 1. The van der Waals surface area contributed by atoms with E-state index < -0.39 is 5.97 Å². The predicted molar refractivity (Wildman–Crippen MR) is 114 cm³/mol. The minimum absolute atomic E-state index is 0.247. The normalized spacial score (nSPS) is 10.4. The molecular weight excluding hydrogens is 442 g/mol. The van der Waals surface area contributed by atoms with Crippen molar-refractivity contribution in [2.75, 3.05) is 19.0 Å². The topological polar surface area (TPSA) is 64.6 Å². The minimum atomic E-state index is -0.472. The number of nitrogens with one attached hydrogen (secondary N) is 1. The number of methoxy groups -OCH3 is 1. The van der Waals surface area contributed by atoms with Crippen LogP contribution < -0.4 is 10.1 Å². The average molecular weight is 460 g/mol. The van der Waals surface area contributed by atoms with Gasteiger partial charge in [0.05, 0.1) is 13.7 Å². The van der Waals surface area contributed by atoms with Crippen molar-refractivity contribution in [2.24, 2.45) is 0 Å². The molecule has 2 aromatic carbocycles. The molecule has 0 spiro atoms. The maximum Gasteiger partial charge on any atom is 0.341 e. The van der Waals surface area contributed by atoms with Crippen LogP contribution >= 0.6 is 27.3 Å². The smallest absolute Gasteiger partial charge is 0.341 e. The number of rotatable bonds is 6. The molecule has 0 aliphatic rings. The van der Waals surface area contributed by atoms with Gasteiger partial charge < -0.3 is 14.8 Å². The third-order valence-corrected chi connectivity index (χ3v) is 5.43. The third kappa shape index (κ3) is 4.43. The number of esters is 1. The van der Waals surface area contributed by atoms with E-state index in [1.54, 1.807) is 38.3 Å². The van der Waals surface area contributed by atoms with Gasteiger partial charge in [-0.2, -0.15) is 0 Å². The lowest BCUT2D eigenvalue weighted by Gasteiger charge is -2.09. The van der Waals surface area contributed by atoms with Gasteiger partial charge in [0.1, 0.15) is 16.3 Å². The lowest BCUT2D eigenvalue weighted by molar-refractivity contribution is 0.0529. The molecule has 0 fully saturated rings. The predicted octanol–water partition coefficient (Wildman–Crippen LogP) is 5.62. The molecule has 0 saturated carbocycles. The highest BCUT2D eigenvalue weighted by atomic mass is 79.9. The van der Waals surface area contributed by atoms with Crippen LogP contribution in [0.4, 0.5) is 5.00 Å². The molecule has 0 bridgehead atoms. The first-order valence-corrected chi connectivity index (χ1v) is 10.2. The van der Waals surface area contributed by atoms with E-state index >= 15 is 0 Å². The molecule has 0 aliphatic carbocycles. The highest BCUT2D eigenvalue weighted by molar-refractivity contribution is 9.10. The summed E-state index contributed by atoms with van der Waals surface area (Å²) in [6, 6.07) is 14.4. The number of halogens is 1. The summed E-state index contributed by atoms with van der Waals surface area (Å²) >= 11 is 4.64. The van der Waals surface area contributed by atoms with Crippen LogP contribution in [-0.4, -0.2) is 25.6 Å². The number of ether oxygens (including phenoxy) is 2. The molecule has 1 heterocycles. The molecule has 0 unspecified atom stereocenters. The van der Waals surface area contributed by atoms with Crippen molar-refractivity contribution in [1.82, 2.24) is 0 Å². The van der Waals surface area contributed by atoms with Crippen LogP contribution in [-0.2, 0) is 4.74 Å². The largest absolute Gasteiger partial charge is 0.497 e. The van der Waals surface area contributed by atoms with E-state index in [2.05, 4.69) is 21.2 Å². The second-order valence-corrected chi connectivity index (χ2v) is 7.56. The molecule has 0 radical (unpaired) electrons. The first-order chi connectivity index (χ1) is 13.5. The number of amides is 1. The van der Waals surface area contributed by atoms with E-state index in [0.29, 0.717) is 21.7 Å². The fourth-order valence-corrected chi connectivity index (χ4v) is 3.83. The summed E-state index contributed by atoms with van der Waals surface area (Å²) in [4.78, 5) is 25.2. The number of anilines is 1. The van der Waals surface area contributed by atoms with Crippen molar-refractivity contribution in [3.8, 4) is 16.9 Å². The van der Waals surface area contributed by atoms with Crippen molar-refractivity contribution in [2.45, 2.75) is 6.92 Å². The van der Waals surface area contributed by atoms with Crippen LogP contribution in [0.25, 0.3) is 11.1 Å². The molecule has 0 aliphatic heterocycles. The Labute approximate surface area is 175 Å². The van der Waals surface area contributed by atoms with Gasteiger partial charge in [-0.15, -0.1) is 11.3 Å². The van der Waals surface area contributed by atoms with Crippen molar-refractivity contribution in [3.05, 3.63) is 69.5 Å². The molecule has 28 heavy (non-hydrogen) atoms. The van der Waals surface area contributed by atoms with Gasteiger partial charge in [0.2, 0.25) is 0 Å².